The van der Waals surface area contributed by atoms with Gasteiger partial charge in [0.05, 0.1) is 0 Å². The average Bonchev–Trinajstić information content (AvgIpc) is 2.38. The zero-order chi connectivity index (χ0) is 12.5. The van der Waals surface area contributed by atoms with Crippen LogP contribution in [0.4, 0.5) is 0 Å². The highest BCUT2D eigenvalue weighted by Crippen LogP contribution is 2.38. The average molecular weight is 282 g/mol. The topological polar surface area (TPSA) is 23.5 Å². The Morgan fingerprint density at radius 2 is 2.16 bits per heavy atom. The van der Waals surface area contributed by atoms with Crippen molar-refractivity contribution in [1.29, 1.82) is 0 Å². The number of halogens is 1. The number of benzene rings is 1. The minimum Gasteiger partial charge on any atom is -0.508 e. The van der Waals surface area contributed by atoms with Crippen molar-refractivity contribution in [2.24, 2.45) is 5.92 Å². The Morgan fingerprint density at radius 1 is 1.32 bits per heavy atom. The first-order valence-electron chi connectivity index (χ1n) is 7.33. The van der Waals surface area contributed by atoms with Crippen LogP contribution in [0, 0.1) is 5.92 Å². The molecule has 0 aromatic heterocycles. The summed E-state index contributed by atoms with van der Waals surface area (Å²) in [6.07, 6.45) is 6.15. The standard InChI is InChI=1S/C16H23NO.ClH/c1-2-8-17-9-4-6-13-10-12-5-3-7-16(18)14(12)11-15(13)17;/h3,5,7,13,15,18H,2,4,6,8-11H2,1H3;1H/t13-,15-;/m1./s1. The van der Waals surface area contributed by atoms with Crippen LogP contribution >= 0.6 is 12.4 Å². The van der Waals surface area contributed by atoms with E-state index in [4.69, 9.17) is 0 Å². The van der Waals surface area contributed by atoms with Crippen LogP contribution in [0.3, 0.4) is 0 Å². The van der Waals surface area contributed by atoms with Crippen LogP contribution in [0.1, 0.15) is 37.3 Å². The summed E-state index contributed by atoms with van der Waals surface area (Å²) >= 11 is 0. The zero-order valence-electron chi connectivity index (χ0n) is 11.6. The third-order valence-corrected chi connectivity index (χ3v) is 4.69. The number of piperidine rings is 1. The van der Waals surface area contributed by atoms with Gasteiger partial charge in [0, 0.05) is 6.04 Å². The molecule has 2 aliphatic rings. The second kappa shape index (κ2) is 6.15. The molecule has 0 amide bonds. The summed E-state index contributed by atoms with van der Waals surface area (Å²) in [7, 11) is 0. The van der Waals surface area contributed by atoms with Crippen LogP contribution in [0.15, 0.2) is 18.2 Å². The van der Waals surface area contributed by atoms with Crippen molar-refractivity contribution in [3.8, 4) is 5.75 Å². The van der Waals surface area contributed by atoms with Gasteiger partial charge in [-0.2, -0.15) is 0 Å². The van der Waals surface area contributed by atoms with E-state index in [1.165, 1.54) is 43.5 Å². The van der Waals surface area contributed by atoms with Crippen molar-refractivity contribution >= 4 is 12.4 Å². The molecule has 1 aliphatic heterocycles. The van der Waals surface area contributed by atoms with Crippen LogP contribution < -0.4 is 0 Å². The number of hydrogen-bond acceptors (Lipinski definition) is 2. The van der Waals surface area contributed by atoms with E-state index in [9.17, 15) is 5.11 Å². The summed E-state index contributed by atoms with van der Waals surface area (Å²) in [6.45, 7) is 4.72. The van der Waals surface area contributed by atoms with Crippen molar-refractivity contribution in [2.45, 2.75) is 45.1 Å². The summed E-state index contributed by atoms with van der Waals surface area (Å²) in [5.41, 5.74) is 2.59. The van der Waals surface area contributed by atoms with Crippen LogP contribution in [0.2, 0.25) is 0 Å². The Kier molecular flexibility index (Phi) is 4.75. The van der Waals surface area contributed by atoms with Crippen LogP contribution in [0.25, 0.3) is 0 Å². The fraction of sp³-hybridized carbons (Fsp3) is 0.625. The predicted molar refractivity (Wildman–Crippen MR) is 81.1 cm³/mol. The second-order valence-electron chi connectivity index (χ2n) is 5.83. The second-order valence-corrected chi connectivity index (χ2v) is 5.83. The molecule has 106 valence electrons. The Balaban J connectivity index is 0.00000133. The lowest BCUT2D eigenvalue weighted by Crippen LogP contribution is -2.49. The largest absolute Gasteiger partial charge is 0.508 e. The minimum absolute atomic E-state index is 0. The summed E-state index contributed by atoms with van der Waals surface area (Å²) in [4.78, 5) is 2.66. The highest BCUT2D eigenvalue weighted by Gasteiger charge is 2.35. The van der Waals surface area contributed by atoms with Gasteiger partial charge in [-0.05, 0) is 68.3 Å². The zero-order valence-corrected chi connectivity index (χ0v) is 12.5. The van der Waals surface area contributed by atoms with Gasteiger partial charge in [-0.1, -0.05) is 19.1 Å². The molecule has 3 rings (SSSR count). The van der Waals surface area contributed by atoms with Crippen LogP contribution in [-0.2, 0) is 12.8 Å². The highest BCUT2D eigenvalue weighted by atomic mass is 35.5. The molecular formula is C16H24ClNO. The quantitative estimate of drug-likeness (QED) is 0.898. The van der Waals surface area contributed by atoms with E-state index < -0.39 is 0 Å². The molecule has 0 saturated carbocycles. The van der Waals surface area contributed by atoms with Gasteiger partial charge in [-0.3, -0.25) is 4.90 Å². The summed E-state index contributed by atoms with van der Waals surface area (Å²) in [6, 6.07) is 6.69. The molecule has 1 aromatic rings. The number of aromatic hydroxyl groups is 1. The van der Waals surface area contributed by atoms with Gasteiger partial charge >= 0.3 is 0 Å². The molecule has 1 N–H and O–H groups in total. The lowest BCUT2D eigenvalue weighted by Gasteiger charge is -2.44. The molecule has 1 aliphatic carbocycles. The van der Waals surface area contributed by atoms with E-state index in [0.29, 0.717) is 11.8 Å². The summed E-state index contributed by atoms with van der Waals surface area (Å²) in [5.74, 6) is 1.31. The van der Waals surface area contributed by atoms with Gasteiger partial charge in [0.1, 0.15) is 5.75 Å². The Bertz CT molecular complexity index is 433. The number of phenolic OH excluding ortho intramolecular Hbond substituents is 1. The van der Waals surface area contributed by atoms with E-state index >= 15 is 0 Å². The minimum atomic E-state index is 0. The fourth-order valence-corrected chi connectivity index (χ4v) is 3.85. The molecule has 19 heavy (non-hydrogen) atoms. The van der Waals surface area contributed by atoms with Gasteiger partial charge in [0.25, 0.3) is 0 Å². The van der Waals surface area contributed by atoms with E-state index in [1.54, 1.807) is 0 Å². The maximum absolute atomic E-state index is 10.0. The molecule has 2 nitrogen and oxygen atoms in total. The van der Waals surface area contributed by atoms with Gasteiger partial charge in [-0.25, -0.2) is 0 Å². The number of fused-ring (bicyclic) bond motifs is 2. The van der Waals surface area contributed by atoms with Gasteiger partial charge in [0.15, 0.2) is 0 Å². The number of rotatable bonds is 2. The molecular weight excluding hydrogens is 258 g/mol. The maximum Gasteiger partial charge on any atom is 0.119 e. The van der Waals surface area contributed by atoms with Crippen LogP contribution in [0.5, 0.6) is 5.75 Å². The molecule has 1 fully saturated rings. The summed E-state index contributed by atoms with van der Waals surface area (Å²) < 4.78 is 0. The van der Waals surface area contributed by atoms with Crippen molar-refractivity contribution in [1.82, 2.24) is 4.90 Å². The van der Waals surface area contributed by atoms with E-state index in [0.717, 1.165) is 18.8 Å². The molecule has 1 aromatic carbocycles. The molecule has 3 heteroatoms. The predicted octanol–water partition coefficient (Wildman–Crippen LogP) is 3.40. The lowest BCUT2D eigenvalue weighted by molar-refractivity contribution is 0.0848. The number of hydrogen-bond donors (Lipinski definition) is 1. The Labute approximate surface area is 122 Å². The molecule has 2 atom stereocenters. The molecule has 0 spiro atoms. The van der Waals surface area contributed by atoms with Crippen molar-refractivity contribution in [3.63, 3.8) is 0 Å². The monoisotopic (exact) mass is 281 g/mol. The lowest BCUT2D eigenvalue weighted by atomic mass is 9.75. The van der Waals surface area contributed by atoms with Gasteiger partial charge in [-0.15, -0.1) is 12.4 Å². The third-order valence-electron chi connectivity index (χ3n) is 4.69. The normalized spacial score (nSPS) is 26.2. The van der Waals surface area contributed by atoms with Gasteiger partial charge < -0.3 is 5.11 Å². The fourth-order valence-electron chi connectivity index (χ4n) is 3.85. The molecule has 0 bridgehead atoms. The third kappa shape index (κ3) is 2.75. The first-order valence-corrected chi connectivity index (χ1v) is 7.33. The van der Waals surface area contributed by atoms with Crippen molar-refractivity contribution in [2.75, 3.05) is 13.1 Å². The maximum atomic E-state index is 10.0. The van der Waals surface area contributed by atoms with Gasteiger partial charge in [0.2, 0.25) is 0 Å². The van der Waals surface area contributed by atoms with E-state index in [1.807, 2.05) is 12.1 Å². The SMILES string of the molecule is CCCN1CCC[C@@H]2Cc3cccc(O)c3C[C@H]21.Cl. The smallest absolute Gasteiger partial charge is 0.119 e. The molecule has 1 saturated heterocycles. The number of nitrogens with zero attached hydrogens (tertiary/aromatic N) is 1. The first kappa shape index (κ1) is 14.7. The van der Waals surface area contributed by atoms with Crippen molar-refractivity contribution in [3.05, 3.63) is 29.3 Å². The first-order chi connectivity index (χ1) is 8.79. The number of likely N-dealkylation sites (tertiary alicyclic amines) is 1. The van der Waals surface area contributed by atoms with Crippen molar-refractivity contribution < 1.29 is 5.11 Å². The van der Waals surface area contributed by atoms with E-state index in [-0.39, 0.29) is 12.4 Å². The Hall–Kier alpha value is -0.730. The van der Waals surface area contributed by atoms with E-state index in [2.05, 4.69) is 17.9 Å². The number of phenols is 1. The molecule has 1 heterocycles. The summed E-state index contributed by atoms with van der Waals surface area (Å²) in [5, 5.41) is 10.0. The Morgan fingerprint density at radius 3 is 2.95 bits per heavy atom. The van der Waals surface area contributed by atoms with Crippen LogP contribution in [-0.4, -0.2) is 29.1 Å². The molecule has 0 radical (unpaired) electrons. The highest BCUT2D eigenvalue weighted by molar-refractivity contribution is 5.85. The molecule has 0 unspecified atom stereocenters.